The number of ether oxygens (including phenoxy) is 2. The van der Waals surface area contributed by atoms with E-state index < -0.39 is 6.10 Å². The van der Waals surface area contributed by atoms with Gasteiger partial charge in [0.15, 0.2) is 0 Å². The molecule has 1 aliphatic heterocycles. The minimum Gasteiger partial charge on any atom is -0.496 e. The van der Waals surface area contributed by atoms with Crippen molar-refractivity contribution >= 4 is 5.95 Å². The second-order valence-electron chi connectivity index (χ2n) is 4.81. The Bertz CT molecular complexity index is 634. The standard InChI is InChI=1S/C15H17N3O3/c1-20-12-4-5-13(21-2)14-10(12)8-18(9-11(14)19)15-16-6-3-7-17-15/h3-7,11,19H,8-9H2,1-2H3/t11-/m1/s1. The highest BCUT2D eigenvalue weighted by molar-refractivity contribution is 5.54. The smallest absolute Gasteiger partial charge is 0.225 e. The molecule has 1 atom stereocenters. The highest BCUT2D eigenvalue weighted by atomic mass is 16.5. The molecule has 0 saturated carbocycles. The van der Waals surface area contributed by atoms with Crippen LogP contribution in [0.2, 0.25) is 0 Å². The molecule has 0 radical (unpaired) electrons. The normalized spacial score (nSPS) is 17.3. The van der Waals surface area contributed by atoms with Crippen LogP contribution in [-0.4, -0.2) is 35.8 Å². The molecule has 1 aromatic heterocycles. The number of hydrogen-bond donors (Lipinski definition) is 1. The number of rotatable bonds is 3. The summed E-state index contributed by atoms with van der Waals surface area (Å²) in [6, 6.07) is 5.43. The molecule has 21 heavy (non-hydrogen) atoms. The summed E-state index contributed by atoms with van der Waals surface area (Å²) < 4.78 is 10.8. The summed E-state index contributed by atoms with van der Waals surface area (Å²) in [6.45, 7) is 0.983. The molecule has 110 valence electrons. The molecule has 0 saturated heterocycles. The maximum Gasteiger partial charge on any atom is 0.225 e. The largest absolute Gasteiger partial charge is 0.496 e. The lowest BCUT2D eigenvalue weighted by Crippen LogP contribution is -2.35. The molecule has 1 aromatic carbocycles. The zero-order valence-electron chi connectivity index (χ0n) is 12.0. The van der Waals surface area contributed by atoms with Crippen LogP contribution in [0.3, 0.4) is 0 Å². The first-order valence-electron chi connectivity index (χ1n) is 6.68. The van der Waals surface area contributed by atoms with Gasteiger partial charge >= 0.3 is 0 Å². The van der Waals surface area contributed by atoms with E-state index in [1.165, 1.54) is 0 Å². The Morgan fingerprint density at radius 3 is 2.48 bits per heavy atom. The summed E-state index contributed by atoms with van der Waals surface area (Å²) in [7, 11) is 3.22. The summed E-state index contributed by atoms with van der Waals surface area (Å²) in [4.78, 5) is 10.4. The fourth-order valence-electron chi connectivity index (χ4n) is 2.68. The number of β-amino-alcohol motifs (C(OH)–C–C–N with tert-alkyl or cyclic N) is 1. The minimum atomic E-state index is -0.678. The molecule has 2 aromatic rings. The zero-order valence-corrected chi connectivity index (χ0v) is 12.0. The Morgan fingerprint density at radius 1 is 1.14 bits per heavy atom. The Labute approximate surface area is 123 Å². The lowest BCUT2D eigenvalue weighted by molar-refractivity contribution is 0.169. The summed E-state index contributed by atoms with van der Waals surface area (Å²) in [5.74, 6) is 1.99. The highest BCUT2D eigenvalue weighted by Gasteiger charge is 2.30. The molecular formula is C15H17N3O3. The van der Waals surface area contributed by atoms with Gasteiger partial charge in [0.05, 0.1) is 27.3 Å². The predicted octanol–water partition coefficient (Wildman–Crippen LogP) is 1.55. The van der Waals surface area contributed by atoms with Crippen molar-refractivity contribution in [2.24, 2.45) is 0 Å². The average molecular weight is 287 g/mol. The Hall–Kier alpha value is -2.34. The SMILES string of the molecule is COc1ccc(OC)c2c1CN(c1ncccn1)C[C@H]2O. The van der Waals surface area contributed by atoms with Crippen molar-refractivity contribution in [3.05, 3.63) is 41.7 Å². The molecule has 2 heterocycles. The van der Waals surface area contributed by atoms with E-state index in [4.69, 9.17) is 9.47 Å². The number of aliphatic hydroxyl groups is 1. The summed E-state index contributed by atoms with van der Waals surface area (Å²) in [5, 5.41) is 10.5. The van der Waals surface area contributed by atoms with Crippen molar-refractivity contribution in [3.63, 3.8) is 0 Å². The lowest BCUT2D eigenvalue weighted by Gasteiger charge is -2.33. The molecule has 0 spiro atoms. The third-order valence-electron chi connectivity index (χ3n) is 3.62. The van der Waals surface area contributed by atoms with Gasteiger partial charge in [0, 0.05) is 23.5 Å². The summed E-state index contributed by atoms with van der Waals surface area (Å²) >= 11 is 0. The van der Waals surface area contributed by atoms with Crippen LogP contribution in [0.5, 0.6) is 11.5 Å². The Morgan fingerprint density at radius 2 is 1.81 bits per heavy atom. The second kappa shape index (κ2) is 5.57. The number of aromatic nitrogens is 2. The quantitative estimate of drug-likeness (QED) is 0.923. The number of fused-ring (bicyclic) bond motifs is 1. The van der Waals surface area contributed by atoms with E-state index in [2.05, 4.69) is 9.97 Å². The first-order chi connectivity index (χ1) is 10.2. The van der Waals surface area contributed by atoms with Gasteiger partial charge in [-0.1, -0.05) is 0 Å². The van der Waals surface area contributed by atoms with Crippen molar-refractivity contribution in [1.29, 1.82) is 0 Å². The first-order valence-corrected chi connectivity index (χ1v) is 6.68. The molecular weight excluding hydrogens is 270 g/mol. The van der Waals surface area contributed by atoms with Crippen LogP contribution in [0.25, 0.3) is 0 Å². The van der Waals surface area contributed by atoms with Crippen molar-refractivity contribution in [2.45, 2.75) is 12.6 Å². The minimum absolute atomic E-state index is 0.417. The van der Waals surface area contributed by atoms with E-state index in [0.717, 1.165) is 16.9 Å². The van der Waals surface area contributed by atoms with Crippen LogP contribution in [0.4, 0.5) is 5.95 Å². The van der Waals surface area contributed by atoms with Crippen LogP contribution in [0.1, 0.15) is 17.2 Å². The monoisotopic (exact) mass is 287 g/mol. The Balaban J connectivity index is 2.05. The van der Waals surface area contributed by atoms with Gasteiger partial charge < -0.3 is 19.5 Å². The van der Waals surface area contributed by atoms with Gasteiger partial charge in [0.2, 0.25) is 5.95 Å². The van der Waals surface area contributed by atoms with Gasteiger partial charge in [-0.2, -0.15) is 0 Å². The Kier molecular flexibility index (Phi) is 3.62. The van der Waals surface area contributed by atoms with E-state index in [-0.39, 0.29) is 0 Å². The molecule has 0 unspecified atom stereocenters. The fourth-order valence-corrected chi connectivity index (χ4v) is 2.68. The van der Waals surface area contributed by atoms with E-state index in [9.17, 15) is 5.11 Å². The van der Waals surface area contributed by atoms with Crippen LogP contribution >= 0.6 is 0 Å². The maximum absolute atomic E-state index is 10.5. The van der Waals surface area contributed by atoms with Gasteiger partial charge in [0.25, 0.3) is 0 Å². The summed E-state index contributed by atoms with van der Waals surface area (Å²) in [5.41, 5.74) is 1.69. The van der Waals surface area contributed by atoms with Gasteiger partial charge in [-0.3, -0.25) is 0 Å². The maximum atomic E-state index is 10.5. The number of anilines is 1. The predicted molar refractivity (Wildman–Crippen MR) is 77.6 cm³/mol. The molecule has 0 bridgehead atoms. The van der Waals surface area contributed by atoms with Crippen LogP contribution in [0, 0.1) is 0 Å². The number of hydrogen-bond acceptors (Lipinski definition) is 6. The van der Waals surface area contributed by atoms with Crippen LogP contribution in [-0.2, 0) is 6.54 Å². The number of benzene rings is 1. The van der Waals surface area contributed by atoms with E-state index in [1.54, 1.807) is 32.7 Å². The average Bonchev–Trinajstić information content (AvgIpc) is 2.54. The van der Waals surface area contributed by atoms with Crippen molar-refractivity contribution in [3.8, 4) is 11.5 Å². The lowest BCUT2D eigenvalue weighted by atomic mass is 9.95. The molecule has 0 fully saturated rings. The number of methoxy groups -OCH3 is 2. The van der Waals surface area contributed by atoms with Crippen LogP contribution in [0.15, 0.2) is 30.6 Å². The summed E-state index contributed by atoms with van der Waals surface area (Å²) in [6.07, 6.45) is 2.70. The van der Waals surface area contributed by atoms with Gasteiger partial charge in [0.1, 0.15) is 17.6 Å². The van der Waals surface area contributed by atoms with Gasteiger partial charge in [-0.25, -0.2) is 9.97 Å². The third kappa shape index (κ3) is 2.38. The fraction of sp³-hybridized carbons (Fsp3) is 0.333. The molecule has 1 aliphatic rings. The first kappa shape index (κ1) is 13.6. The number of nitrogens with zero attached hydrogens (tertiary/aromatic N) is 3. The van der Waals surface area contributed by atoms with Crippen molar-refractivity contribution < 1.29 is 14.6 Å². The van der Waals surface area contributed by atoms with Crippen molar-refractivity contribution in [1.82, 2.24) is 9.97 Å². The van der Waals surface area contributed by atoms with E-state index >= 15 is 0 Å². The zero-order chi connectivity index (χ0) is 14.8. The topological polar surface area (TPSA) is 67.7 Å². The molecule has 1 N–H and O–H groups in total. The van der Waals surface area contributed by atoms with E-state index in [1.807, 2.05) is 17.0 Å². The second-order valence-corrected chi connectivity index (χ2v) is 4.81. The molecule has 3 rings (SSSR count). The highest BCUT2D eigenvalue weighted by Crippen LogP contribution is 2.39. The number of aliphatic hydroxyl groups excluding tert-OH is 1. The molecule has 0 amide bonds. The van der Waals surface area contributed by atoms with Crippen molar-refractivity contribution in [2.75, 3.05) is 25.7 Å². The third-order valence-corrected chi connectivity index (χ3v) is 3.62. The van der Waals surface area contributed by atoms with E-state index in [0.29, 0.717) is 24.8 Å². The molecule has 0 aliphatic carbocycles. The molecule has 6 nitrogen and oxygen atoms in total. The molecule has 6 heteroatoms. The van der Waals surface area contributed by atoms with Gasteiger partial charge in [-0.05, 0) is 18.2 Å². The van der Waals surface area contributed by atoms with Crippen LogP contribution < -0.4 is 14.4 Å². The van der Waals surface area contributed by atoms with Gasteiger partial charge in [-0.15, -0.1) is 0 Å².